The van der Waals surface area contributed by atoms with Crippen molar-refractivity contribution in [2.24, 2.45) is 17.8 Å². The van der Waals surface area contributed by atoms with Gasteiger partial charge in [-0.3, -0.25) is 14.3 Å². The molecular formula is C40H71N7O2. The Morgan fingerprint density at radius 2 is 1.80 bits per heavy atom. The number of nitrogens with one attached hydrogen (secondary N) is 4. The third-order valence-electron chi connectivity index (χ3n) is 9.65. The minimum absolute atomic E-state index is 0.0528. The van der Waals surface area contributed by atoms with Gasteiger partial charge in [-0.25, -0.2) is 4.98 Å². The highest BCUT2D eigenvalue weighted by Crippen LogP contribution is 2.28. The molecular weight excluding hydrogens is 610 g/mol. The van der Waals surface area contributed by atoms with E-state index in [9.17, 15) is 9.59 Å². The van der Waals surface area contributed by atoms with Gasteiger partial charge in [0.25, 0.3) is 5.91 Å². The first-order valence-electron chi connectivity index (χ1n) is 19.3. The normalized spacial score (nSPS) is 16.5. The van der Waals surface area contributed by atoms with Gasteiger partial charge in [-0.1, -0.05) is 92.1 Å². The van der Waals surface area contributed by atoms with Gasteiger partial charge in [0.1, 0.15) is 11.5 Å². The molecule has 2 aromatic rings. The number of allylic oxidation sites excluding steroid dienone is 2. The lowest BCUT2D eigenvalue weighted by atomic mass is 9.83. The van der Waals surface area contributed by atoms with Gasteiger partial charge in [-0.05, 0) is 89.2 Å². The van der Waals surface area contributed by atoms with Gasteiger partial charge in [0.2, 0.25) is 5.91 Å². The molecule has 278 valence electrons. The maximum absolute atomic E-state index is 12.6. The van der Waals surface area contributed by atoms with Gasteiger partial charge in [-0.2, -0.15) is 5.10 Å². The van der Waals surface area contributed by atoms with Crippen molar-refractivity contribution < 1.29 is 9.59 Å². The Morgan fingerprint density at radius 1 is 1.06 bits per heavy atom. The van der Waals surface area contributed by atoms with E-state index in [1.807, 2.05) is 27.0 Å². The molecule has 1 saturated heterocycles. The molecule has 3 rings (SSSR count). The first kappa shape index (κ1) is 43.8. The monoisotopic (exact) mass is 682 g/mol. The summed E-state index contributed by atoms with van der Waals surface area (Å²) in [6.45, 7) is 23.0. The summed E-state index contributed by atoms with van der Waals surface area (Å²) in [5.74, 6) is 3.02. The predicted molar refractivity (Wildman–Crippen MR) is 205 cm³/mol. The predicted octanol–water partition coefficient (Wildman–Crippen LogP) is 9.90. The fraction of sp³-hybridized carbons (Fsp3) is 0.725. The molecule has 4 atom stereocenters. The molecule has 2 aromatic heterocycles. The SMILES string of the molecule is CC1CCC(=O)NC1.CCC(C)CCCC(NC(=O)c1ccnn1CC)c1cnc(C)[nH]1.CCCCCC(CCC)C(C(C)=N)=C(C)CC. The second kappa shape index (κ2) is 24.8. The number of nitrogens with zero attached hydrogens (tertiary/aromatic N) is 3. The summed E-state index contributed by atoms with van der Waals surface area (Å²) in [6, 6.07) is 1.70. The molecule has 0 aromatic carbocycles. The van der Waals surface area contributed by atoms with E-state index >= 15 is 0 Å². The van der Waals surface area contributed by atoms with Crippen molar-refractivity contribution >= 4 is 17.5 Å². The second-order valence-electron chi connectivity index (χ2n) is 14.0. The molecule has 0 saturated carbocycles. The Balaban J connectivity index is 0.000000415. The average Bonchev–Trinajstić information content (AvgIpc) is 3.75. The summed E-state index contributed by atoms with van der Waals surface area (Å²) in [6.07, 6.45) is 18.4. The molecule has 4 N–H and O–H groups in total. The number of rotatable bonds is 18. The van der Waals surface area contributed by atoms with Crippen molar-refractivity contribution in [1.82, 2.24) is 30.4 Å². The number of piperidine rings is 1. The molecule has 3 heterocycles. The van der Waals surface area contributed by atoms with Crippen LogP contribution < -0.4 is 10.6 Å². The van der Waals surface area contributed by atoms with Crippen LogP contribution in [-0.2, 0) is 11.3 Å². The Kier molecular flexibility index (Phi) is 22.2. The number of aryl methyl sites for hydroxylation is 2. The highest BCUT2D eigenvalue weighted by molar-refractivity contribution is 5.96. The molecule has 0 aliphatic carbocycles. The smallest absolute Gasteiger partial charge is 0.270 e. The van der Waals surface area contributed by atoms with Crippen LogP contribution in [0.25, 0.3) is 0 Å². The van der Waals surface area contributed by atoms with Crippen molar-refractivity contribution in [3.05, 3.63) is 46.8 Å². The molecule has 0 bridgehead atoms. The van der Waals surface area contributed by atoms with E-state index in [1.54, 1.807) is 16.9 Å². The summed E-state index contributed by atoms with van der Waals surface area (Å²) in [4.78, 5) is 30.7. The molecule has 9 nitrogen and oxygen atoms in total. The molecule has 2 amide bonds. The van der Waals surface area contributed by atoms with E-state index in [-0.39, 0.29) is 17.9 Å². The number of hydrogen-bond acceptors (Lipinski definition) is 5. The van der Waals surface area contributed by atoms with Crippen LogP contribution in [0.5, 0.6) is 0 Å². The van der Waals surface area contributed by atoms with Gasteiger partial charge in [0, 0.05) is 31.4 Å². The lowest BCUT2D eigenvalue weighted by Crippen LogP contribution is -2.33. The van der Waals surface area contributed by atoms with Gasteiger partial charge in [0.05, 0.1) is 17.9 Å². The summed E-state index contributed by atoms with van der Waals surface area (Å²) in [7, 11) is 0. The fourth-order valence-corrected chi connectivity index (χ4v) is 6.25. The third-order valence-corrected chi connectivity index (χ3v) is 9.65. The molecule has 9 heteroatoms. The first-order valence-corrected chi connectivity index (χ1v) is 19.3. The van der Waals surface area contributed by atoms with Crippen LogP contribution in [0.3, 0.4) is 0 Å². The standard InChI is InChI=1S/C18H29N5O.C16H31N.C6H11NO/c1-5-13(3)8-7-9-15(16-12-19-14(4)21-16)22-18(24)17-10-11-20-23(17)6-2;1-6-9-10-12-15(11-7-2)16(14(5)17)13(4)8-3;1-5-2-3-6(8)7-4-5/h10-13,15H,5-9H2,1-4H3,(H,19,21)(H,22,24);15,17H,6-12H2,1-5H3;5H,2-4H2,1H3,(H,7,8). The molecule has 0 spiro atoms. The highest BCUT2D eigenvalue weighted by Gasteiger charge is 2.20. The minimum Gasteiger partial charge on any atom is -0.356 e. The van der Waals surface area contributed by atoms with E-state index in [0.29, 0.717) is 30.0 Å². The maximum atomic E-state index is 12.6. The summed E-state index contributed by atoms with van der Waals surface area (Å²) < 4.78 is 1.71. The van der Waals surface area contributed by atoms with E-state index < -0.39 is 0 Å². The number of carbonyl (C=O) groups excluding carboxylic acids is 2. The Labute approximate surface area is 298 Å². The minimum atomic E-state index is -0.0878. The molecule has 1 fully saturated rings. The molecule has 49 heavy (non-hydrogen) atoms. The van der Waals surface area contributed by atoms with Crippen LogP contribution in [0.1, 0.15) is 174 Å². The molecule has 1 aliphatic heterocycles. The summed E-state index contributed by atoms with van der Waals surface area (Å²) in [5, 5.41) is 18.1. The zero-order chi connectivity index (χ0) is 36.8. The van der Waals surface area contributed by atoms with Gasteiger partial charge in [0.15, 0.2) is 0 Å². The number of H-pyrrole nitrogens is 1. The van der Waals surface area contributed by atoms with Crippen LogP contribution in [-0.4, -0.2) is 43.8 Å². The number of aromatic amines is 1. The summed E-state index contributed by atoms with van der Waals surface area (Å²) >= 11 is 0. The fourth-order valence-electron chi connectivity index (χ4n) is 6.25. The lowest BCUT2D eigenvalue weighted by Gasteiger charge is -2.22. The third kappa shape index (κ3) is 16.8. The number of aromatic nitrogens is 4. The highest BCUT2D eigenvalue weighted by atomic mass is 16.2. The van der Waals surface area contributed by atoms with Gasteiger partial charge < -0.3 is 21.0 Å². The van der Waals surface area contributed by atoms with Crippen molar-refractivity contribution in [2.45, 2.75) is 165 Å². The topological polar surface area (TPSA) is 129 Å². The van der Waals surface area contributed by atoms with E-state index in [1.165, 1.54) is 62.5 Å². The van der Waals surface area contributed by atoms with Gasteiger partial charge >= 0.3 is 0 Å². The van der Waals surface area contributed by atoms with E-state index in [2.05, 4.69) is 74.2 Å². The lowest BCUT2D eigenvalue weighted by molar-refractivity contribution is -0.122. The van der Waals surface area contributed by atoms with Crippen molar-refractivity contribution in [2.75, 3.05) is 6.54 Å². The van der Waals surface area contributed by atoms with Crippen molar-refractivity contribution in [3.63, 3.8) is 0 Å². The van der Waals surface area contributed by atoms with Crippen LogP contribution in [0.4, 0.5) is 0 Å². The first-order chi connectivity index (χ1) is 23.4. The molecule has 0 radical (unpaired) electrons. The maximum Gasteiger partial charge on any atom is 0.270 e. The van der Waals surface area contributed by atoms with Crippen LogP contribution in [0, 0.1) is 30.1 Å². The Bertz CT molecular complexity index is 1250. The van der Waals surface area contributed by atoms with Crippen molar-refractivity contribution in [3.8, 4) is 0 Å². The quantitative estimate of drug-likeness (QED) is 0.0922. The van der Waals surface area contributed by atoms with E-state index in [4.69, 9.17) is 5.41 Å². The Hall–Kier alpha value is -3.23. The molecule has 1 aliphatic rings. The number of amides is 2. The van der Waals surface area contributed by atoms with Crippen LogP contribution in [0.2, 0.25) is 0 Å². The van der Waals surface area contributed by atoms with E-state index in [0.717, 1.165) is 55.9 Å². The van der Waals surface area contributed by atoms with Crippen molar-refractivity contribution in [1.29, 1.82) is 5.41 Å². The zero-order valence-corrected chi connectivity index (χ0v) is 32.8. The largest absolute Gasteiger partial charge is 0.356 e. The average molecular weight is 682 g/mol. The molecule has 4 unspecified atom stereocenters. The second-order valence-corrected chi connectivity index (χ2v) is 14.0. The number of hydrogen-bond donors (Lipinski definition) is 4. The number of carbonyl (C=O) groups is 2. The van der Waals surface area contributed by atoms with Crippen LogP contribution in [0.15, 0.2) is 29.6 Å². The van der Waals surface area contributed by atoms with Crippen LogP contribution >= 0.6 is 0 Å². The summed E-state index contributed by atoms with van der Waals surface area (Å²) in [5.41, 5.74) is 5.13. The number of imidazole rings is 1. The van der Waals surface area contributed by atoms with Gasteiger partial charge in [-0.15, -0.1) is 0 Å². The number of unbranched alkanes of at least 4 members (excludes halogenated alkanes) is 2. The Morgan fingerprint density at radius 3 is 2.31 bits per heavy atom. The zero-order valence-electron chi connectivity index (χ0n) is 32.8.